The standard InChI is InChI=1S/C12H12ClN3O2S2/c13-8-2-1-3-9(6-8)15-11(18)14-4-5-16-10(17)7-20-12(16)19/h1-3,6H,4-5,7H2,(H2,14,15,18). The third kappa shape index (κ3) is 4.09. The zero-order valence-corrected chi connectivity index (χ0v) is 12.8. The SMILES string of the molecule is O=C(NCCN1C(=O)CSC1=S)Nc1cccc(Cl)c1. The summed E-state index contributed by atoms with van der Waals surface area (Å²) >= 11 is 12.2. The predicted octanol–water partition coefficient (Wildman–Crippen LogP) is 2.32. The summed E-state index contributed by atoms with van der Waals surface area (Å²) in [5, 5.41) is 5.87. The number of anilines is 1. The van der Waals surface area contributed by atoms with Crippen LogP contribution in [-0.2, 0) is 4.79 Å². The topological polar surface area (TPSA) is 61.4 Å². The molecule has 1 aliphatic rings. The fourth-order valence-corrected chi connectivity index (χ4v) is 2.93. The second kappa shape index (κ2) is 6.92. The number of thiocarbonyl (C=S) groups is 1. The fourth-order valence-electron chi connectivity index (χ4n) is 1.62. The van der Waals surface area contributed by atoms with Crippen molar-refractivity contribution in [2.75, 3.05) is 24.2 Å². The first-order valence-electron chi connectivity index (χ1n) is 5.84. The molecule has 0 aromatic heterocycles. The maximum Gasteiger partial charge on any atom is 0.319 e. The number of urea groups is 1. The molecule has 0 radical (unpaired) electrons. The molecule has 0 bridgehead atoms. The zero-order valence-electron chi connectivity index (χ0n) is 10.4. The lowest BCUT2D eigenvalue weighted by molar-refractivity contribution is -0.123. The van der Waals surface area contributed by atoms with Gasteiger partial charge in [0.15, 0.2) is 0 Å². The number of hydrogen-bond donors (Lipinski definition) is 2. The Morgan fingerprint density at radius 1 is 1.50 bits per heavy atom. The van der Waals surface area contributed by atoms with Gasteiger partial charge in [0.2, 0.25) is 5.91 Å². The molecule has 1 aliphatic heterocycles. The Balaban J connectivity index is 1.75. The molecule has 20 heavy (non-hydrogen) atoms. The molecule has 8 heteroatoms. The number of thioether (sulfide) groups is 1. The maximum absolute atomic E-state index is 11.7. The van der Waals surface area contributed by atoms with E-state index in [1.807, 2.05) is 0 Å². The second-order valence-electron chi connectivity index (χ2n) is 3.99. The molecule has 3 amide bonds. The van der Waals surface area contributed by atoms with E-state index in [9.17, 15) is 9.59 Å². The van der Waals surface area contributed by atoms with Gasteiger partial charge in [-0.2, -0.15) is 0 Å². The Morgan fingerprint density at radius 3 is 2.95 bits per heavy atom. The van der Waals surface area contributed by atoms with Crippen LogP contribution in [0, 0.1) is 0 Å². The number of carbonyl (C=O) groups excluding carboxylic acids is 2. The van der Waals surface area contributed by atoms with Gasteiger partial charge in [0, 0.05) is 23.8 Å². The highest BCUT2D eigenvalue weighted by molar-refractivity contribution is 8.23. The van der Waals surface area contributed by atoms with E-state index in [0.717, 1.165) is 0 Å². The van der Waals surface area contributed by atoms with Gasteiger partial charge in [-0.3, -0.25) is 9.69 Å². The Kier molecular flexibility index (Phi) is 5.22. The molecule has 1 aromatic rings. The number of halogens is 1. The van der Waals surface area contributed by atoms with Crippen LogP contribution in [0.2, 0.25) is 5.02 Å². The van der Waals surface area contributed by atoms with Gasteiger partial charge in [-0.1, -0.05) is 41.6 Å². The van der Waals surface area contributed by atoms with Crippen LogP contribution < -0.4 is 10.6 Å². The van der Waals surface area contributed by atoms with E-state index in [4.69, 9.17) is 23.8 Å². The quantitative estimate of drug-likeness (QED) is 0.832. The van der Waals surface area contributed by atoms with Gasteiger partial charge in [-0.25, -0.2) is 4.79 Å². The van der Waals surface area contributed by atoms with Crippen molar-refractivity contribution >= 4 is 57.5 Å². The monoisotopic (exact) mass is 329 g/mol. The van der Waals surface area contributed by atoms with Gasteiger partial charge >= 0.3 is 6.03 Å². The number of nitrogens with one attached hydrogen (secondary N) is 2. The van der Waals surface area contributed by atoms with E-state index in [-0.39, 0.29) is 11.9 Å². The van der Waals surface area contributed by atoms with Crippen molar-refractivity contribution in [3.8, 4) is 0 Å². The minimum atomic E-state index is -0.350. The Bertz CT molecular complexity index is 537. The van der Waals surface area contributed by atoms with E-state index in [1.165, 1.54) is 16.7 Å². The summed E-state index contributed by atoms with van der Waals surface area (Å²) in [5.41, 5.74) is 0.610. The molecule has 1 fully saturated rings. The number of amides is 3. The summed E-state index contributed by atoms with van der Waals surface area (Å²) in [5.74, 6) is 0.366. The lowest BCUT2D eigenvalue weighted by Crippen LogP contribution is -2.38. The van der Waals surface area contributed by atoms with Gasteiger partial charge < -0.3 is 10.6 Å². The molecule has 106 valence electrons. The van der Waals surface area contributed by atoms with E-state index in [1.54, 1.807) is 24.3 Å². The number of hydrogen-bond acceptors (Lipinski definition) is 4. The van der Waals surface area contributed by atoms with Crippen LogP contribution in [0.3, 0.4) is 0 Å². The first-order valence-corrected chi connectivity index (χ1v) is 7.61. The van der Waals surface area contributed by atoms with Crippen LogP contribution in [0.15, 0.2) is 24.3 Å². The van der Waals surface area contributed by atoms with Gasteiger partial charge in [0.1, 0.15) is 4.32 Å². The predicted molar refractivity (Wildman–Crippen MR) is 85.2 cm³/mol. The van der Waals surface area contributed by atoms with Gasteiger partial charge in [-0.15, -0.1) is 0 Å². The highest BCUT2D eigenvalue weighted by Gasteiger charge is 2.25. The van der Waals surface area contributed by atoms with Crippen molar-refractivity contribution in [3.05, 3.63) is 29.3 Å². The average Bonchev–Trinajstić information content (AvgIpc) is 2.70. The second-order valence-corrected chi connectivity index (χ2v) is 6.04. The first kappa shape index (κ1) is 15.1. The minimum absolute atomic E-state index is 0.0166. The Hall–Kier alpha value is -1.31. The van der Waals surface area contributed by atoms with Crippen molar-refractivity contribution in [1.82, 2.24) is 10.2 Å². The lowest BCUT2D eigenvalue weighted by atomic mass is 10.3. The summed E-state index contributed by atoms with van der Waals surface area (Å²) in [6, 6.07) is 6.51. The summed E-state index contributed by atoms with van der Waals surface area (Å²) in [6.07, 6.45) is 0. The number of nitrogens with zero attached hydrogens (tertiary/aromatic N) is 1. The lowest BCUT2D eigenvalue weighted by Gasteiger charge is -2.15. The number of benzene rings is 1. The van der Waals surface area contributed by atoms with Crippen LogP contribution in [0.4, 0.5) is 10.5 Å². The van der Waals surface area contributed by atoms with E-state index < -0.39 is 0 Å². The molecular formula is C12H12ClN3O2S2. The molecule has 0 atom stereocenters. The van der Waals surface area contributed by atoms with Gasteiger partial charge in [-0.05, 0) is 18.2 Å². The smallest absolute Gasteiger partial charge is 0.319 e. The molecular weight excluding hydrogens is 318 g/mol. The van der Waals surface area contributed by atoms with Crippen LogP contribution in [0.5, 0.6) is 0 Å². The zero-order chi connectivity index (χ0) is 14.5. The molecule has 2 rings (SSSR count). The molecule has 5 nitrogen and oxygen atoms in total. The Morgan fingerprint density at radius 2 is 2.30 bits per heavy atom. The van der Waals surface area contributed by atoms with Crippen LogP contribution >= 0.6 is 35.6 Å². The molecule has 2 N–H and O–H groups in total. The van der Waals surface area contributed by atoms with Gasteiger partial charge in [0.25, 0.3) is 0 Å². The summed E-state index contributed by atoms with van der Waals surface area (Å²) in [6.45, 7) is 0.715. The van der Waals surface area contributed by atoms with Crippen molar-refractivity contribution < 1.29 is 9.59 Å². The average molecular weight is 330 g/mol. The van der Waals surface area contributed by atoms with Crippen LogP contribution in [0.25, 0.3) is 0 Å². The summed E-state index contributed by atoms with van der Waals surface area (Å²) in [4.78, 5) is 24.6. The molecule has 1 heterocycles. The van der Waals surface area contributed by atoms with Gasteiger partial charge in [0.05, 0.1) is 5.75 Å². The van der Waals surface area contributed by atoms with Crippen molar-refractivity contribution in [2.24, 2.45) is 0 Å². The minimum Gasteiger partial charge on any atom is -0.336 e. The molecule has 1 aromatic carbocycles. The van der Waals surface area contributed by atoms with Crippen molar-refractivity contribution in [1.29, 1.82) is 0 Å². The first-order chi connectivity index (χ1) is 9.56. The highest BCUT2D eigenvalue weighted by atomic mass is 35.5. The fraction of sp³-hybridized carbons (Fsp3) is 0.250. The van der Waals surface area contributed by atoms with Crippen molar-refractivity contribution in [2.45, 2.75) is 0 Å². The van der Waals surface area contributed by atoms with E-state index >= 15 is 0 Å². The van der Waals surface area contributed by atoms with E-state index in [0.29, 0.717) is 33.9 Å². The summed E-state index contributed by atoms with van der Waals surface area (Å²) < 4.78 is 0.562. The largest absolute Gasteiger partial charge is 0.336 e. The van der Waals surface area contributed by atoms with Crippen LogP contribution in [0.1, 0.15) is 0 Å². The maximum atomic E-state index is 11.7. The molecule has 1 saturated heterocycles. The van der Waals surface area contributed by atoms with Crippen molar-refractivity contribution in [3.63, 3.8) is 0 Å². The third-order valence-electron chi connectivity index (χ3n) is 2.54. The van der Waals surface area contributed by atoms with E-state index in [2.05, 4.69) is 10.6 Å². The molecule has 0 unspecified atom stereocenters. The third-order valence-corrected chi connectivity index (χ3v) is 4.21. The van der Waals surface area contributed by atoms with Crippen LogP contribution in [-0.4, -0.2) is 40.0 Å². The molecule has 0 saturated carbocycles. The summed E-state index contributed by atoms with van der Waals surface area (Å²) in [7, 11) is 0. The number of carbonyl (C=O) groups is 2. The Labute approximate surface area is 131 Å². The molecule has 0 spiro atoms. The normalized spacial score (nSPS) is 14.6. The highest BCUT2D eigenvalue weighted by Crippen LogP contribution is 2.18. The number of rotatable bonds is 4. The molecule has 0 aliphatic carbocycles.